The van der Waals surface area contributed by atoms with Crippen LogP contribution in [0.1, 0.15) is 50.9 Å². The molecule has 0 bridgehead atoms. The van der Waals surface area contributed by atoms with Gasteiger partial charge in [0.25, 0.3) is 0 Å². The van der Waals surface area contributed by atoms with Crippen LogP contribution in [0.2, 0.25) is 0 Å². The lowest BCUT2D eigenvalue weighted by atomic mass is 10.2. The van der Waals surface area contributed by atoms with E-state index in [2.05, 4.69) is 66.7 Å². The van der Waals surface area contributed by atoms with E-state index < -0.39 is 0 Å². The highest BCUT2D eigenvalue weighted by molar-refractivity contribution is 5.18. The molecule has 6 heterocycles. The molecule has 6 rings (SSSR count). The smallest absolute Gasteiger partial charge is 0.222 e. The molecule has 0 fully saturated rings. The fourth-order valence-corrected chi connectivity index (χ4v) is 2.91. The molecular weight excluding hydrogens is 574 g/mol. The molecule has 1 N–H and O–H groups in total. The topological polar surface area (TPSA) is 127 Å². The summed E-state index contributed by atoms with van der Waals surface area (Å²) in [5, 5.41) is 8.67. The third-order valence-corrected chi connectivity index (χ3v) is 5.67. The van der Waals surface area contributed by atoms with Gasteiger partial charge in [-0.2, -0.15) is 0 Å². The third-order valence-electron chi connectivity index (χ3n) is 5.67. The average molecular weight is 621 g/mol. The molecule has 10 heteroatoms. The summed E-state index contributed by atoms with van der Waals surface area (Å²) in [6.45, 7) is 17.8. The summed E-state index contributed by atoms with van der Waals surface area (Å²) in [7, 11) is 0. The van der Waals surface area contributed by atoms with Gasteiger partial charge in [0.05, 0.1) is 0 Å². The molecule has 6 aromatic rings. The maximum atomic E-state index is 8.67. The van der Waals surface area contributed by atoms with Crippen molar-refractivity contribution in [2.75, 3.05) is 0 Å². The number of hydrogen-bond acceptors (Lipinski definition) is 9. The molecule has 0 spiro atoms. The van der Waals surface area contributed by atoms with Crippen LogP contribution in [0.4, 0.5) is 0 Å². The molecule has 46 heavy (non-hydrogen) atoms. The molecule has 0 aliphatic heterocycles. The van der Waals surface area contributed by atoms with Gasteiger partial charge in [-0.1, -0.05) is 0 Å². The Morgan fingerprint density at radius 3 is 1.43 bits per heavy atom. The fourth-order valence-electron chi connectivity index (χ4n) is 2.91. The van der Waals surface area contributed by atoms with E-state index in [9.17, 15) is 0 Å². The molecule has 0 aromatic carbocycles. The largest absolute Gasteiger partial charge is 0.285 e. The standard InChI is InChI=1S/2C7H9N.C6H8N2.C6H8NO.2C5H6N2/c1-6-3-4-8-5-7(6)2;1-6-3-4-8-7(2)5-6;1-5-3-7-6(2)8-4-5;1-6-2-4-7(8)5-3-6;1-5-2-3-6-4-7-5;1-5-6-3-2-4-7-5/h2*3-5H,1-2H3;3-4H,1-2H3;2-5,8H,1H3;2*2-4H,1H3/q;;;+1;;. The lowest BCUT2D eigenvalue weighted by molar-refractivity contribution is -0.904. The first-order valence-corrected chi connectivity index (χ1v) is 14.6. The number of aryl methyl sites for hydroxylation is 9. The lowest BCUT2D eigenvalue weighted by Crippen LogP contribution is -2.27. The van der Waals surface area contributed by atoms with Crippen molar-refractivity contribution in [2.24, 2.45) is 0 Å². The summed E-state index contributed by atoms with van der Waals surface area (Å²) in [5.74, 6) is 1.65. The molecule has 0 saturated carbocycles. The Kier molecular flexibility index (Phi) is 19.2. The van der Waals surface area contributed by atoms with Crippen molar-refractivity contribution in [3.63, 3.8) is 0 Å². The summed E-state index contributed by atoms with van der Waals surface area (Å²) >= 11 is 0. The van der Waals surface area contributed by atoms with Gasteiger partial charge in [-0.3, -0.25) is 15.2 Å². The zero-order valence-corrected chi connectivity index (χ0v) is 28.4. The normalized spacial score (nSPS) is 9.07. The van der Waals surface area contributed by atoms with Crippen LogP contribution < -0.4 is 4.73 Å². The predicted octanol–water partition coefficient (Wildman–Crippen LogP) is 6.58. The van der Waals surface area contributed by atoms with Gasteiger partial charge in [-0.05, 0) is 120 Å². The number of hydrogen-bond donors (Lipinski definition) is 1. The highest BCUT2D eigenvalue weighted by Crippen LogP contribution is 2.00. The van der Waals surface area contributed by atoms with E-state index in [0.717, 1.165) is 38.9 Å². The maximum absolute atomic E-state index is 8.67. The molecule has 0 amide bonds. The van der Waals surface area contributed by atoms with Crippen LogP contribution in [0, 0.1) is 62.3 Å². The molecule has 240 valence electrons. The summed E-state index contributed by atoms with van der Waals surface area (Å²) in [6, 6.07) is 13.4. The Bertz CT molecular complexity index is 1460. The van der Waals surface area contributed by atoms with E-state index in [0.29, 0.717) is 0 Å². The van der Waals surface area contributed by atoms with Crippen LogP contribution in [0.5, 0.6) is 0 Å². The van der Waals surface area contributed by atoms with Gasteiger partial charge < -0.3 is 0 Å². The van der Waals surface area contributed by atoms with E-state index in [4.69, 9.17) is 5.21 Å². The number of nitrogens with zero attached hydrogens (tertiary/aromatic N) is 9. The Labute approximate surface area is 273 Å². The van der Waals surface area contributed by atoms with Crippen LogP contribution in [0.3, 0.4) is 0 Å². The van der Waals surface area contributed by atoms with E-state index in [1.165, 1.54) is 23.0 Å². The zero-order chi connectivity index (χ0) is 34.2. The van der Waals surface area contributed by atoms with Crippen LogP contribution in [-0.4, -0.2) is 45.1 Å². The molecule has 0 saturated heterocycles. The number of pyridine rings is 3. The summed E-state index contributed by atoms with van der Waals surface area (Å²) in [6.07, 6.45) is 19.0. The maximum Gasteiger partial charge on any atom is 0.222 e. The van der Waals surface area contributed by atoms with E-state index >= 15 is 0 Å². The van der Waals surface area contributed by atoms with Crippen molar-refractivity contribution in [1.82, 2.24) is 39.9 Å². The van der Waals surface area contributed by atoms with Gasteiger partial charge in [0.1, 0.15) is 18.0 Å². The lowest BCUT2D eigenvalue weighted by Gasteiger charge is -1.92. The Balaban J connectivity index is 0.000000276. The van der Waals surface area contributed by atoms with Gasteiger partial charge in [-0.15, -0.1) is 0 Å². The second-order valence-corrected chi connectivity index (χ2v) is 10.1. The Morgan fingerprint density at radius 2 is 1.09 bits per heavy atom. The number of rotatable bonds is 0. The average Bonchev–Trinajstić information content (AvgIpc) is 3.04. The first-order chi connectivity index (χ1) is 22.0. The van der Waals surface area contributed by atoms with Crippen molar-refractivity contribution in [1.29, 1.82) is 0 Å². The van der Waals surface area contributed by atoms with Crippen molar-refractivity contribution < 1.29 is 9.94 Å². The van der Waals surface area contributed by atoms with E-state index in [1.807, 2.05) is 103 Å². The molecule has 10 nitrogen and oxygen atoms in total. The zero-order valence-electron chi connectivity index (χ0n) is 28.4. The minimum Gasteiger partial charge on any atom is -0.285 e. The van der Waals surface area contributed by atoms with Gasteiger partial charge >= 0.3 is 0 Å². The van der Waals surface area contributed by atoms with Crippen LogP contribution in [0.15, 0.2) is 111 Å². The molecular formula is C36H46N9O+. The first kappa shape index (κ1) is 38.5. The fraction of sp³-hybridized carbons (Fsp3) is 0.250. The minimum atomic E-state index is 0.822. The summed E-state index contributed by atoms with van der Waals surface area (Å²) in [4.78, 5) is 31.3. The van der Waals surface area contributed by atoms with Crippen molar-refractivity contribution in [3.8, 4) is 0 Å². The quantitative estimate of drug-likeness (QED) is 0.148. The third kappa shape index (κ3) is 20.4. The van der Waals surface area contributed by atoms with Gasteiger partial charge in [-0.25, -0.2) is 29.9 Å². The monoisotopic (exact) mass is 620 g/mol. The Hall–Kier alpha value is -5.51. The van der Waals surface area contributed by atoms with Crippen LogP contribution in [0.25, 0.3) is 0 Å². The van der Waals surface area contributed by atoms with Crippen molar-refractivity contribution in [3.05, 3.63) is 162 Å². The first-order valence-electron chi connectivity index (χ1n) is 14.6. The molecule has 0 radical (unpaired) electrons. The highest BCUT2D eigenvalue weighted by atomic mass is 16.5. The minimum absolute atomic E-state index is 0.822. The van der Waals surface area contributed by atoms with Crippen LogP contribution >= 0.6 is 0 Å². The van der Waals surface area contributed by atoms with Gasteiger partial charge in [0.15, 0.2) is 0 Å². The van der Waals surface area contributed by atoms with Crippen molar-refractivity contribution in [2.45, 2.75) is 62.3 Å². The van der Waals surface area contributed by atoms with Crippen molar-refractivity contribution >= 4 is 0 Å². The van der Waals surface area contributed by atoms with Gasteiger partial charge in [0.2, 0.25) is 12.4 Å². The van der Waals surface area contributed by atoms with E-state index in [-0.39, 0.29) is 0 Å². The molecule has 0 unspecified atom stereocenters. The van der Waals surface area contributed by atoms with Crippen LogP contribution in [-0.2, 0) is 0 Å². The SMILES string of the molecule is Cc1cc[n+](O)cc1.Cc1ccnc(C)c1.Cc1ccncc1C.Cc1ccncn1.Cc1cnc(C)nc1.Cc1ncccn1. The van der Waals surface area contributed by atoms with E-state index in [1.54, 1.807) is 37.1 Å². The molecule has 0 atom stereocenters. The summed E-state index contributed by atoms with van der Waals surface area (Å²) in [5.41, 5.74) is 8.19. The summed E-state index contributed by atoms with van der Waals surface area (Å²) < 4.78 is 1.02. The second kappa shape index (κ2) is 22.9. The molecule has 6 aromatic heterocycles. The number of aromatic nitrogens is 9. The van der Waals surface area contributed by atoms with Gasteiger partial charge in [0, 0.05) is 77.8 Å². The molecule has 0 aliphatic rings. The Morgan fingerprint density at radius 1 is 0.478 bits per heavy atom. The molecule has 0 aliphatic carbocycles. The highest BCUT2D eigenvalue weighted by Gasteiger charge is 1.89. The predicted molar refractivity (Wildman–Crippen MR) is 181 cm³/mol. The second-order valence-electron chi connectivity index (χ2n) is 10.1.